The number of hydrogen-bond acceptors (Lipinski definition) is 5. The van der Waals surface area contributed by atoms with Crippen molar-refractivity contribution in [3.05, 3.63) is 30.4 Å². The van der Waals surface area contributed by atoms with Crippen molar-refractivity contribution in [2.75, 3.05) is 6.54 Å². The highest BCUT2D eigenvalue weighted by Gasteiger charge is 2.37. The van der Waals surface area contributed by atoms with E-state index in [1.54, 1.807) is 12.4 Å². The third-order valence-electron chi connectivity index (χ3n) is 3.74. The zero-order valence-electron chi connectivity index (χ0n) is 11.3. The molecular weight excluding hydrogens is 240 g/mol. The van der Waals surface area contributed by atoms with E-state index in [-0.39, 0.29) is 11.5 Å². The van der Waals surface area contributed by atoms with E-state index in [2.05, 4.69) is 34.3 Å². The van der Waals surface area contributed by atoms with E-state index in [1.807, 2.05) is 12.1 Å². The lowest BCUT2D eigenvalue weighted by Crippen LogP contribution is -2.39. The molecule has 5 heteroatoms. The van der Waals surface area contributed by atoms with Gasteiger partial charge in [-0.05, 0) is 36.9 Å². The monoisotopic (exact) mass is 258 g/mol. The van der Waals surface area contributed by atoms with Crippen LogP contribution in [0.1, 0.15) is 38.6 Å². The lowest BCUT2D eigenvalue weighted by Gasteiger charge is -2.36. The quantitative estimate of drug-likeness (QED) is 0.897. The van der Waals surface area contributed by atoms with Gasteiger partial charge < -0.3 is 9.84 Å². The molecule has 1 unspecified atom stereocenters. The van der Waals surface area contributed by atoms with Crippen LogP contribution >= 0.6 is 0 Å². The van der Waals surface area contributed by atoms with Gasteiger partial charge in [-0.15, -0.1) is 0 Å². The Morgan fingerprint density at radius 3 is 3.05 bits per heavy atom. The highest BCUT2D eigenvalue weighted by molar-refractivity contribution is 5.51. The number of nitrogens with one attached hydrogen (secondary N) is 1. The van der Waals surface area contributed by atoms with E-state index in [0.29, 0.717) is 11.7 Å². The van der Waals surface area contributed by atoms with E-state index >= 15 is 0 Å². The van der Waals surface area contributed by atoms with Gasteiger partial charge in [0.05, 0.1) is 6.04 Å². The molecule has 0 aliphatic carbocycles. The van der Waals surface area contributed by atoms with Crippen LogP contribution in [-0.4, -0.2) is 21.7 Å². The van der Waals surface area contributed by atoms with Crippen molar-refractivity contribution in [1.29, 1.82) is 0 Å². The number of nitrogens with zero attached hydrogens (tertiary/aromatic N) is 3. The minimum Gasteiger partial charge on any atom is -0.337 e. The van der Waals surface area contributed by atoms with E-state index in [4.69, 9.17) is 4.52 Å². The summed E-state index contributed by atoms with van der Waals surface area (Å²) in [7, 11) is 0. The Balaban J connectivity index is 1.89. The van der Waals surface area contributed by atoms with Crippen molar-refractivity contribution in [3.8, 4) is 11.4 Å². The third kappa shape index (κ3) is 2.38. The van der Waals surface area contributed by atoms with Crippen molar-refractivity contribution in [2.24, 2.45) is 5.41 Å². The molecule has 1 fully saturated rings. The third-order valence-corrected chi connectivity index (χ3v) is 3.74. The number of hydrogen-bond donors (Lipinski definition) is 1. The molecule has 3 heterocycles. The maximum absolute atomic E-state index is 5.44. The second-order valence-corrected chi connectivity index (χ2v) is 5.68. The molecule has 1 N–H and O–H groups in total. The molecule has 0 saturated carbocycles. The summed E-state index contributed by atoms with van der Waals surface area (Å²) in [6, 6.07) is 3.93. The van der Waals surface area contributed by atoms with Gasteiger partial charge in [0, 0.05) is 18.0 Å². The highest BCUT2D eigenvalue weighted by Crippen LogP contribution is 2.39. The number of piperidine rings is 1. The van der Waals surface area contributed by atoms with E-state index < -0.39 is 0 Å². The first kappa shape index (κ1) is 12.3. The predicted molar refractivity (Wildman–Crippen MR) is 71.3 cm³/mol. The molecule has 3 rings (SSSR count). The molecule has 1 aliphatic heterocycles. The van der Waals surface area contributed by atoms with Crippen LogP contribution in [0.5, 0.6) is 0 Å². The molecule has 0 aromatic carbocycles. The van der Waals surface area contributed by atoms with Gasteiger partial charge in [0.1, 0.15) is 0 Å². The zero-order chi connectivity index (χ0) is 13.3. The molecule has 2 aromatic heterocycles. The van der Waals surface area contributed by atoms with Crippen LogP contribution in [0.2, 0.25) is 0 Å². The van der Waals surface area contributed by atoms with Gasteiger partial charge in [-0.25, -0.2) is 0 Å². The van der Waals surface area contributed by atoms with Crippen molar-refractivity contribution in [2.45, 2.75) is 32.7 Å². The molecule has 0 bridgehead atoms. The van der Waals surface area contributed by atoms with Crippen LogP contribution in [0.15, 0.2) is 29.0 Å². The second kappa shape index (κ2) is 4.74. The standard InChI is InChI=1S/C14H18N4O/c1-14(2)6-4-8-16-11(14)13-17-12(18-19-13)10-5-3-7-15-9-10/h3,5,7,9,11,16H,4,6,8H2,1-2H3. The molecule has 1 aliphatic rings. The summed E-state index contributed by atoms with van der Waals surface area (Å²) in [5.41, 5.74) is 1.02. The fourth-order valence-electron chi connectivity index (χ4n) is 2.60. The van der Waals surface area contributed by atoms with Crippen LogP contribution in [0.25, 0.3) is 11.4 Å². The highest BCUT2D eigenvalue weighted by atomic mass is 16.5. The van der Waals surface area contributed by atoms with E-state index in [0.717, 1.165) is 18.5 Å². The molecular formula is C14H18N4O. The largest absolute Gasteiger partial charge is 0.337 e. The van der Waals surface area contributed by atoms with Crippen molar-refractivity contribution >= 4 is 0 Å². The summed E-state index contributed by atoms with van der Waals surface area (Å²) in [5.74, 6) is 1.27. The van der Waals surface area contributed by atoms with Crippen LogP contribution in [0.3, 0.4) is 0 Å². The van der Waals surface area contributed by atoms with Crippen LogP contribution in [0, 0.1) is 5.41 Å². The molecule has 19 heavy (non-hydrogen) atoms. The lowest BCUT2D eigenvalue weighted by molar-refractivity contribution is 0.146. The van der Waals surface area contributed by atoms with E-state index in [9.17, 15) is 0 Å². The van der Waals surface area contributed by atoms with Crippen LogP contribution in [-0.2, 0) is 0 Å². The summed E-state index contributed by atoms with van der Waals surface area (Å²) in [6.07, 6.45) is 5.83. The molecule has 0 radical (unpaired) electrons. The molecule has 0 spiro atoms. The first-order valence-electron chi connectivity index (χ1n) is 6.64. The van der Waals surface area contributed by atoms with Crippen molar-refractivity contribution < 1.29 is 4.52 Å². The van der Waals surface area contributed by atoms with Gasteiger partial charge in [0.25, 0.3) is 0 Å². The predicted octanol–water partition coefficient (Wildman–Crippen LogP) is 2.58. The lowest BCUT2D eigenvalue weighted by atomic mass is 9.77. The minimum absolute atomic E-state index is 0.124. The fourth-order valence-corrected chi connectivity index (χ4v) is 2.60. The summed E-state index contributed by atoms with van der Waals surface area (Å²) < 4.78 is 5.44. The summed E-state index contributed by atoms with van der Waals surface area (Å²) in [5, 5.41) is 7.54. The molecule has 0 amide bonds. The van der Waals surface area contributed by atoms with Crippen LogP contribution < -0.4 is 5.32 Å². The smallest absolute Gasteiger partial charge is 0.244 e. The van der Waals surface area contributed by atoms with Gasteiger partial charge >= 0.3 is 0 Å². The van der Waals surface area contributed by atoms with Gasteiger partial charge in [0.15, 0.2) is 0 Å². The Labute approximate surface area is 112 Å². The molecule has 100 valence electrons. The molecule has 1 saturated heterocycles. The normalized spacial score (nSPS) is 22.3. The van der Waals surface area contributed by atoms with Crippen molar-refractivity contribution in [3.63, 3.8) is 0 Å². The Morgan fingerprint density at radius 1 is 1.42 bits per heavy atom. The van der Waals surface area contributed by atoms with Crippen molar-refractivity contribution in [1.82, 2.24) is 20.4 Å². The average molecular weight is 258 g/mol. The zero-order valence-corrected chi connectivity index (χ0v) is 11.3. The van der Waals surface area contributed by atoms with Gasteiger partial charge in [-0.1, -0.05) is 19.0 Å². The van der Waals surface area contributed by atoms with Gasteiger partial charge in [-0.3, -0.25) is 4.98 Å². The first-order chi connectivity index (χ1) is 9.17. The molecule has 1 atom stereocenters. The Kier molecular flexibility index (Phi) is 3.06. The van der Waals surface area contributed by atoms with E-state index in [1.165, 1.54) is 6.42 Å². The average Bonchev–Trinajstić information content (AvgIpc) is 2.88. The summed E-state index contributed by atoms with van der Waals surface area (Å²) in [6.45, 7) is 5.47. The maximum Gasteiger partial charge on any atom is 0.244 e. The summed E-state index contributed by atoms with van der Waals surface area (Å²) >= 11 is 0. The van der Waals surface area contributed by atoms with Gasteiger partial charge in [0.2, 0.25) is 11.7 Å². The maximum atomic E-state index is 5.44. The number of aromatic nitrogens is 3. The molecule has 5 nitrogen and oxygen atoms in total. The first-order valence-corrected chi connectivity index (χ1v) is 6.64. The SMILES string of the molecule is CC1(C)CCCNC1c1nc(-c2cccnc2)no1. The topological polar surface area (TPSA) is 63.8 Å². The minimum atomic E-state index is 0.124. The summed E-state index contributed by atoms with van der Waals surface area (Å²) in [4.78, 5) is 8.59. The number of pyridine rings is 1. The Morgan fingerprint density at radius 2 is 2.32 bits per heavy atom. The Bertz CT molecular complexity index is 550. The fraction of sp³-hybridized carbons (Fsp3) is 0.500. The second-order valence-electron chi connectivity index (χ2n) is 5.68. The van der Waals surface area contributed by atoms with Gasteiger partial charge in [-0.2, -0.15) is 4.98 Å². The number of rotatable bonds is 2. The van der Waals surface area contributed by atoms with Crippen LogP contribution in [0.4, 0.5) is 0 Å². The Hall–Kier alpha value is -1.75. The molecule has 2 aromatic rings.